The third-order valence-electron chi connectivity index (χ3n) is 4.20. The molecular weight excluding hydrogens is 326 g/mol. The SMILES string of the molecule is COC(=O)OC1=C(C)NC(C)C(OC(=O)OC)C1c1ccccc1C. The first-order valence-corrected chi connectivity index (χ1v) is 7.92. The standard InChI is InChI=1S/C18H23NO6/c1-10-8-6-7-9-13(10)14-15(24-17(20)22-4)11(2)19-12(3)16(14)25-18(21)23-5/h6-9,11,14-15,19H,1-5H3. The van der Waals surface area contributed by atoms with Crippen LogP contribution < -0.4 is 5.32 Å². The smallest absolute Gasteiger partial charge is 0.438 e. The van der Waals surface area contributed by atoms with Crippen molar-refractivity contribution in [1.82, 2.24) is 5.32 Å². The molecule has 3 atom stereocenters. The van der Waals surface area contributed by atoms with E-state index in [1.165, 1.54) is 14.2 Å². The molecule has 1 N–H and O–H groups in total. The van der Waals surface area contributed by atoms with Gasteiger partial charge in [-0.1, -0.05) is 24.3 Å². The van der Waals surface area contributed by atoms with Crippen molar-refractivity contribution in [3.8, 4) is 0 Å². The van der Waals surface area contributed by atoms with Gasteiger partial charge in [-0.05, 0) is 31.9 Å². The number of methoxy groups -OCH3 is 2. The maximum Gasteiger partial charge on any atom is 0.513 e. The highest BCUT2D eigenvalue weighted by Crippen LogP contribution is 2.38. The van der Waals surface area contributed by atoms with Gasteiger partial charge in [0, 0.05) is 5.70 Å². The molecule has 0 spiro atoms. The van der Waals surface area contributed by atoms with E-state index in [-0.39, 0.29) is 6.04 Å². The summed E-state index contributed by atoms with van der Waals surface area (Å²) < 4.78 is 20.1. The Hall–Kier alpha value is -2.70. The minimum atomic E-state index is -0.832. The fourth-order valence-corrected chi connectivity index (χ4v) is 3.02. The van der Waals surface area contributed by atoms with Gasteiger partial charge in [-0.2, -0.15) is 0 Å². The Morgan fingerprint density at radius 1 is 1.04 bits per heavy atom. The molecule has 1 heterocycles. The summed E-state index contributed by atoms with van der Waals surface area (Å²) in [5.74, 6) is -0.121. The van der Waals surface area contributed by atoms with E-state index in [4.69, 9.17) is 9.47 Å². The first-order chi connectivity index (χ1) is 11.9. The van der Waals surface area contributed by atoms with E-state index in [0.717, 1.165) is 11.1 Å². The number of hydrogen-bond donors (Lipinski definition) is 1. The predicted octanol–water partition coefficient (Wildman–Crippen LogP) is 3.24. The molecule has 3 unspecified atom stereocenters. The average molecular weight is 349 g/mol. The van der Waals surface area contributed by atoms with Gasteiger partial charge in [-0.15, -0.1) is 0 Å². The molecule has 7 nitrogen and oxygen atoms in total. The predicted molar refractivity (Wildman–Crippen MR) is 90.0 cm³/mol. The maximum atomic E-state index is 11.7. The summed E-state index contributed by atoms with van der Waals surface area (Å²) in [6.07, 6.45) is -2.26. The van der Waals surface area contributed by atoms with E-state index in [9.17, 15) is 9.59 Å². The Morgan fingerprint density at radius 3 is 2.28 bits per heavy atom. The van der Waals surface area contributed by atoms with Crippen LogP contribution in [0.3, 0.4) is 0 Å². The molecule has 0 amide bonds. The third kappa shape index (κ3) is 4.04. The highest BCUT2D eigenvalue weighted by Gasteiger charge is 2.42. The van der Waals surface area contributed by atoms with E-state index >= 15 is 0 Å². The second-order valence-electron chi connectivity index (χ2n) is 5.85. The lowest BCUT2D eigenvalue weighted by Crippen LogP contribution is -2.48. The highest BCUT2D eigenvalue weighted by atomic mass is 16.7. The van der Waals surface area contributed by atoms with Crippen LogP contribution in [0, 0.1) is 6.92 Å². The summed E-state index contributed by atoms with van der Waals surface area (Å²) >= 11 is 0. The number of benzene rings is 1. The lowest BCUT2D eigenvalue weighted by atomic mass is 9.82. The number of hydrogen-bond acceptors (Lipinski definition) is 7. The van der Waals surface area contributed by atoms with E-state index in [1.807, 2.05) is 38.1 Å². The van der Waals surface area contributed by atoms with Gasteiger partial charge < -0.3 is 24.3 Å². The van der Waals surface area contributed by atoms with Crippen molar-refractivity contribution in [1.29, 1.82) is 0 Å². The molecule has 1 aliphatic rings. The van der Waals surface area contributed by atoms with Gasteiger partial charge in [0.2, 0.25) is 0 Å². The number of aryl methyl sites for hydroxylation is 1. The molecule has 2 rings (SSSR count). The van der Waals surface area contributed by atoms with E-state index < -0.39 is 24.3 Å². The summed E-state index contributed by atoms with van der Waals surface area (Å²) in [7, 11) is 2.49. The van der Waals surface area contributed by atoms with Crippen LogP contribution in [0.5, 0.6) is 0 Å². The fourth-order valence-electron chi connectivity index (χ4n) is 3.02. The van der Waals surface area contributed by atoms with Crippen LogP contribution in [0.15, 0.2) is 35.7 Å². The Bertz CT molecular complexity index is 684. The Balaban J connectivity index is 2.54. The quantitative estimate of drug-likeness (QED) is 0.839. The summed E-state index contributed by atoms with van der Waals surface area (Å²) in [6.45, 7) is 5.63. The summed E-state index contributed by atoms with van der Waals surface area (Å²) in [4.78, 5) is 23.4. The lowest BCUT2D eigenvalue weighted by molar-refractivity contribution is 0.00341. The highest BCUT2D eigenvalue weighted by molar-refractivity contribution is 5.63. The van der Waals surface area contributed by atoms with E-state index in [2.05, 4.69) is 14.8 Å². The number of carbonyl (C=O) groups excluding carboxylic acids is 2. The molecule has 25 heavy (non-hydrogen) atoms. The van der Waals surface area contributed by atoms with Crippen LogP contribution in [-0.2, 0) is 18.9 Å². The van der Waals surface area contributed by atoms with Crippen molar-refractivity contribution in [2.75, 3.05) is 14.2 Å². The summed E-state index contributed by atoms with van der Waals surface area (Å²) in [5.41, 5.74) is 2.55. The molecule has 0 saturated heterocycles. The number of carbonyl (C=O) groups is 2. The number of nitrogens with one attached hydrogen (secondary N) is 1. The van der Waals surface area contributed by atoms with Crippen LogP contribution >= 0.6 is 0 Å². The largest absolute Gasteiger partial charge is 0.513 e. The molecule has 0 radical (unpaired) electrons. The fraction of sp³-hybridized carbons (Fsp3) is 0.444. The normalized spacial score (nSPS) is 22.7. The van der Waals surface area contributed by atoms with Gasteiger partial charge in [-0.25, -0.2) is 9.59 Å². The van der Waals surface area contributed by atoms with Crippen molar-refractivity contribution in [2.45, 2.75) is 38.8 Å². The topological polar surface area (TPSA) is 83.1 Å². The molecule has 136 valence electrons. The Kier molecular flexibility index (Phi) is 5.90. The van der Waals surface area contributed by atoms with Crippen molar-refractivity contribution < 1.29 is 28.5 Å². The third-order valence-corrected chi connectivity index (χ3v) is 4.20. The number of allylic oxidation sites excluding steroid dienone is 1. The summed E-state index contributed by atoms with van der Waals surface area (Å²) in [5, 5.41) is 3.17. The Labute approximate surface area is 146 Å². The van der Waals surface area contributed by atoms with Gasteiger partial charge in [0.25, 0.3) is 0 Å². The first kappa shape index (κ1) is 18.6. The number of rotatable bonds is 3. The zero-order chi connectivity index (χ0) is 18.6. The molecule has 0 bridgehead atoms. The average Bonchev–Trinajstić information content (AvgIpc) is 2.59. The van der Waals surface area contributed by atoms with Gasteiger partial charge in [-0.3, -0.25) is 0 Å². The van der Waals surface area contributed by atoms with E-state index in [0.29, 0.717) is 11.5 Å². The molecule has 1 aromatic carbocycles. The van der Waals surface area contributed by atoms with Gasteiger partial charge in [0.05, 0.1) is 26.2 Å². The van der Waals surface area contributed by atoms with Crippen LogP contribution in [0.4, 0.5) is 9.59 Å². The monoisotopic (exact) mass is 349 g/mol. The zero-order valence-corrected chi connectivity index (χ0v) is 15.0. The molecular formula is C18H23NO6. The molecule has 1 aromatic rings. The molecule has 7 heteroatoms. The zero-order valence-electron chi connectivity index (χ0n) is 15.0. The van der Waals surface area contributed by atoms with Crippen molar-refractivity contribution in [3.05, 3.63) is 46.8 Å². The maximum absolute atomic E-state index is 11.7. The molecule has 0 fully saturated rings. The Morgan fingerprint density at radius 2 is 1.68 bits per heavy atom. The molecule has 0 aromatic heterocycles. The van der Waals surface area contributed by atoms with Gasteiger partial charge >= 0.3 is 12.3 Å². The van der Waals surface area contributed by atoms with Crippen molar-refractivity contribution in [2.24, 2.45) is 0 Å². The van der Waals surface area contributed by atoms with Crippen molar-refractivity contribution >= 4 is 12.3 Å². The van der Waals surface area contributed by atoms with Crippen molar-refractivity contribution in [3.63, 3.8) is 0 Å². The molecule has 0 saturated carbocycles. The minimum Gasteiger partial charge on any atom is -0.438 e. The number of ether oxygens (including phenoxy) is 4. The minimum absolute atomic E-state index is 0.214. The summed E-state index contributed by atoms with van der Waals surface area (Å²) in [6, 6.07) is 7.45. The second-order valence-corrected chi connectivity index (χ2v) is 5.85. The van der Waals surface area contributed by atoms with Gasteiger partial charge in [0.15, 0.2) is 0 Å². The molecule has 0 aliphatic carbocycles. The van der Waals surface area contributed by atoms with Crippen LogP contribution in [0.2, 0.25) is 0 Å². The van der Waals surface area contributed by atoms with Crippen LogP contribution in [0.1, 0.15) is 30.9 Å². The lowest BCUT2D eigenvalue weighted by Gasteiger charge is -2.38. The van der Waals surface area contributed by atoms with E-state index in [1.54, 1.807) is 6.92 Å². The van der Waals surface area contributed by atoms with Gasteiger partial charge in [0.1, 0.15) is 11.9 Å². The van der Waals surface area contributed by atoms with Crippen LogP contribution in [0.25, 0.3) is 0 Å². The van der Waals surface area contributed by atoms with Crippen LogP contribution in [-0.4, -0.2) is 38.7 Å². The second kappa shape index (κ2) is 7.92. The first-order valence-electron chi connectivity index (χ1n) is 7.92. The molecule has 1 aliphatic heterocycles.